The molecule has 5 rings (SSSR count). The number of nitrogens with one attached hydrogen (secondary N) is 2. The van der Waals surface area contributed by atoms with Crippen LogP contribution in [0.15, 0.2) is 48.5 Å². The lowest BCUT2D eigenvalue weighted by Crippen LogP contribution is -2.99. The van der Waals surface area contributed by atoms with E-state index in [1.165, 1.54) is 17.0 Å². The van der Waals surface area contributed by atoms with E-state index in [0.29, 0.717) is 18.7 Å². The molecule has 0 radical (unpaired) electrons. The van der Waals surface area contributed by atoms with E-state index in [1.807, 2.05) is 24.3 Å². The Kier molecular flexibility index (Phi) is 3.42. The highest BCUT2D eigenvalue weighted by Gasteiger charge is 2.59. The fourth-order valence-electron chi connectivity index (χ4n) is 4.45. The maximum absolute atomic E-state index is 13.5. The molecule has 3 aromatic rings. The Bertz CT molecular complexity index is 1140. The third-order valence-electron chi connectivity index (χ3n) is 5.84. The first-order valence-electron chi connectivity index (χ1n) is 9.03. The maximum atomic E-state index is 13.5. The molecule has 8 nitrogen and oxygen atoms in total. The fourth-order valence-corrected chi connectivity index (χ4v) is 4.45. The zero-order valence-electron chi connectivity index (χ0n) is 15.1. The molecule has 2 atom stereocenters. The minimum absolute atomic E-state index is 0.0792. The monoisotopic (exact) mass is 378 g/mol. The van der Waals surface area contributed by atoms with E-state index in [1.54, 1.807) is 19.1 Å². The molecular weight excluding hydrogens is 360 g/mol. The second-order valence-electron chi connectivity index (χ2n) is 7.24. The molecule has 1 saturated heterocycles. The third-order valence-corrected chi connectivity index (χ3v) is 5.84. The number of amides is 3. The van der Waals surface area contributed by atoms with Crippen LogP contribution >= 0.6 is 0 Å². The van der Waals surface area contributed by atoms with Gasteiger partial charge in [-0.2, -0.15) is 5.23 Å². The Hall–Kier alpha value is -3.20. The lowest BCUT2D eigenvalue weighted by molar-refractivity contribution is -0.990. The van der Waals surface area contributed by atoms with Crippen LogP contribution in [-0.2, 0) is 16.8 Å². The van der Waals surface area contributed by atoms with Gasteiger partial charge in [0.1, 0.15) is 5.69 Å². The molecule has 0 spiro atoms. The van der Waals surface area contributed by atoms with Crippen LogP contribution in [0.4, 0.5) is 16.2 Å². The summed E-state index contributed by atoms with van der Waals surface area (Å²) in [6.45, 7) is 2.12. The molecule has 1 fully saturated rings. The number of carbonyl (C=O) groups is 2. The van der Waals surface area contributed by atoms with Crippen LogP contribution < -0.4 is 10.1 Å². The molecule has 0 saturated carbocycles. The van der Waals surface area contributed by atoms with Crippen molar-refractivity contribution in [2.45, 2.75) is 18.9 Å². The van der Waals surface area contributed by atoms with Gasteiger partial charge in [-0.15, -0.1) is 0 Å². The van der Waals surface area contributed by atoms with Gasteiger partial charge < -0.3 is 15.1 Å². The summed E-state index contributed by atoms with van der Waals surface area (Å²) in [4.78, 5) is 32.6. The average Bonchev–Trinajstić information content (AvgIpc) is 3.16. The van der Waals surface area contributed by atoms with E-state index in [9.17, 15) is 20.0 Å². The number of imide groups is 1. The topological polar surface area (TPSA) is 104 Å². The summed E-state index contributed by atoms with van der Waals surface area (Å²) in [5.74, 6) is -0.446. The van der Waals surface area contributed by atoms with Gasteiger partial charge in [-0.25, -0.2) is 14.9 Å². The van der Waals surface area contributed by atoms with Gasteiger partial charge in [0.05, 0.1) is 5.69 Å². The third kappa shape index (κ3) is 1.99. The molecule has 0 aliphatic carbocycles. The summed E-state index contributed by atoms with van der Waals surface area (Å²) in [7, 11) is 0. The zero-order valence-corrected chi connectivity index (χ0v) is 15.1. The lowest BCUT2D eigenvalue weighted by Gasteiger charge is -2.35. The molecule has 1 aromatic heterocycles. The minimum atomic E-state index is -1.20. The summed E-state index contributed by atoms with van der Waals surface area (Å²) in [6, 6.07) is 13.4. The SMILES string of the molecule is CC12C(=O)N(c3ccccc3[NH+]([O-])O)C(=O)N1CCc1c2[nH]c2ccccc12. The minimum Gasteiger partial charge on any atom is -0.595 e. The second-order valence-corrected chi connectivity index (χ2v) is 7.24. The average molecular weight is 378 g/mol. The van der Waals surface area contributed by atoms with E-state index < -0.39 is 22.7 Å². The highest BCUT2D eigenvalue weighted by atomic mass is 16.8. The van der Waals surface area contributed by atoms with Crippen LogP contribution in [0.25, 0.3) is 10.9 Å². The summed E-state index contributed by atoms with van der Waals surface area (Å²) in [5, 5.41) is 21.0. The summed E-state index contributed by atoms with van der Waals surface area (Å²) >= 11 is 0. The number of H-pyrrole nitrogens is 1. The number of urea groups is 1. The molecule has 3 heterocycles. The van der Waals surface area contributed by atoms with Crippen LogP contribution in [0, 0.1) is 5.21 Å². The zero-order chi connectivity index (χ0) is 19.6. The quantitative estimate of drug-likeness (QED) is 0.467. The highest BCUT2D eigenvalue weighted by Crippen LogP contribution is 2.45. The number of benzene rings is 2. The number of anilines is 1. The van der Waals surface area contributed by atoms with Crippen molar-refractivity contribution in [3.63, 3.8) is 0 Å². The number of hydrogen-bond donors (Lipinski definition) is 3. The van der Waals surface area contributed by atoms with Gasteiger partial charge in [-0.3, -0.25) is 4.79 Å². The van der Waals surface area contributed by atoms with Crippen molar-refractivity contribution in [1.82, 2.24) is 9.88 Å². The molecule has 2 aliphatic heterocycles. The molecule has 2 aliphatic rings. The molecule has 3 amide bonds. The number of aromatic amines is 1. The van der Waals surface area contributed by atoms with E-state index in [-0.39, 0.29) is 11.4 Å². The Balaban J connectivity index is 1.70. The van der Waals surface area contributed by atoms with Crippen molar-refractivity contribution >= 4 is 34.2 Å². The van der Waals surface area contributed by atoms with Crippen molar-refractivity contribution in [3.8, 4) is 0 Å². The van der Waals surface area contributed by atoms with Gasteiger partial charge in [0.25, 0.3) is 5.91 Å². The number of nitrogens with zero attached hydrogens (tertiary/aromatic N) is 2. The predicted molar refractivity (Wildman–Crippen MR) is 101 cm³/mol. The number of para-hydroxylation sites is 3. The number of aromatic nitrogens is 1. The van der Waals surface area contributed by atoms with Crippen molar-refractivity contribution in [2.75, 3.05) is 11.4 Å². The van der Waals surface area contributed by atoms with Crippen LogP contribution in [-0.4, -0.2) is 33.6 Å². The van der Waals surface area contributed by atoms with Crippen molar-refractivity contribution in [3.05, 3.63) is 65.0 Å². The summed E-state index contributed by atoms with van der Waals surface area (Å²) < 4.78 is 0. The molecule has 8 heteroatoms. The molecular formula is C20H18N4O4. The number of carbonyl (C=O) groups excluding carboxylic acids is 2. The second kappa shape index (κ2) is 5.65. The lowest BCUT2D eigenvalue weighted by atomic mass is 9.87. The van der Waals surface area contributed by atoms with Crippen molar-refractivity contribution < 1.29 is 20.0 Å². The Morgan fingerprint density at radius 1 is 1.14 bits per heavy atom. The number of hydrogen-bond acceptors (Lipinski definition) is 4. The number of rotatable bonds is 2. The molecule has 3 N–H and O–H groups in total. The first-order valence-corrected chi connectivity index (χ1v) is 9.03. The maximum Gasteiger partial charge on any atom is 0.332 e. The van der Waals surface area contributed by atoms with Crippen LogP contribution in [0.3, 0.4) is 0 Å². The van der Waals surface area contributed by atoms with E-state index >= 15 is 0 Å². The van der Waals surface area contributed by atoms with Crippen molar-refractivity contribution in [1.29, 1.82) is 0 Å². The Morgan fingerprint density at radius 2 is 1.86 bits per heavy atom. The van der Waals surface area contributed by atoms with Crippen molar-refractivity contribution in [2.24, 2.45) is 0 Å². The van der Waals surface area contributed by atoms with Gasteiger partial charge in [0.2, 0.25) is 0 Å². The molecule has 0 bridgehead atoms. The first kappa shape index (κ1) is 16.9. The van der Waals surface area contributed by atoms with Crippen LogP contribution in [0.2, 0.25) is 0 Å². The number of quaternary nitrogens is 1. The summed E-state index contributed by atoms with van der Waals surface area (Å²) in [6.07, 6.45) is 0.627. The first-order chi connectivity index (χ1) is 13.4. The standard InChI is InChI=1S/C20H18N4O4/c1-20-17-13(12-6-2-3-7-14(12)21-17)10-11-22(20)19(26)23(18(20)25)15-8-4-5-9-16(15)24(27)28/h2-9,21,24,27H,10-11H2,1H3. The largest absolute Gasteiger partial charge is 0.595 e. The van der Waals surface area contributed by atoms with Gasteiger partial charge in [-0.05, 0) is 31.0 Å². The van der Waals surface area contributed by atoms with Gasteiger partial charge in [0, 0.05) is 23.5 Å². The van der Waals surface area contributed by atoms with Crippen LogP contribution in [0.5, 0.6) is 0 Å². The van der Waals surface area contributed by atoms with Gasteiger partial charge in [-0.1, -0.05) is 30.3 Å². The van der Waals surface area contributed by atoms with E-state index in [2.05, 4.69) is 4.98 Å². The fraction of sp³-hybridized carbons (Fsp3) is 0.200. The number of fused-ring (bicyclic) bond motifs is 5. The highest BCUT2D eigenvalue weighted by molar-refractivity contribution is 6.24. The van der Waals surface area contributed by atoms with E-state index in [0.717, 1.165) is 21.4 Å². The molecule has 2 unspecified atom stereocenters. The Morgan fingerprint density at radius 3 is 2.64 bits per heavy atom. The smallest absolute Gasteiger partial charge is 0.332 e. The Labute approximate surface area is 160 Å². The molecule has 142 valence electrons. The normalized spacial score (nSPS) is 22.5. The van der Waals surface area contributed by atoms with Crippen LogP contribution in [0.1, 0.15) is 18.2 Å². The predicted octanol–water partition coefficient (Wildman–Crippen LogP) is 1.81. The van der Waals surface area contributed by atoms with Gasteiger partial charge in [0.15, 0.2) is 11.2 Å². The van der Waals surface area contributed by atoms with Gasteiger partial charge >= 0.3 is 6.03 Å². The molecule has 28 heavy (non-hydrogen) atoms. The molecule has 2 aromatic carbocycles. The summed E-state index contributed by atoms with van der Waals surface area (Å²) in [5.41, 5.74) is 1.47. The van der Waals surface area contributed by atoms with E-state index in [4.69, 9.17) is 0 Å².